The van der Waals surface area contributed by atoms with E-state index in [0.717, 1.165) is 45.9 Å². The van der Waals surface area contributed by atoms with E-state index in [-0.39, 0.29) is 17.0 Å². The number of nitrogens with zero attached hydrogens (tertiary/aromatic N) is 2. The predicted molar refractivity (Wildman–Crippen MR) is 139 cm³/mol. The van der Waals surface area contributed by atoms with E-state index in [2.05, 4.69) is 10.3 Å². The van der Waals surface area contributed by atoms with Crippen LogP contribution in [0.1, 0.15) is 16.7 Å². The summed E-state index contributed by atoms with van der Waals surface area (Å²) in [6.45, 7) is 3.84. The Morgan fingerprint density at radius 2 is 1.76 bits per heavy atom. The summed E-state index contributed by atoms with van der Waals surface area (Å²) >= 11 is 1.04. The Kier molecular flexibility index (Phi) is 6.28. The summed E-state index contributed by atoms with van der Waals surface area (Å²) in [6.07, 6.45) is -4.52. The molecule has 6 nitrogen and oxygen atoms in total. The molecule has 5 aromatic rings. The number of rotatable bonds is 5. The first-order chi connectivity index (χ1) is 17.6. The van der Waals surface area contributed by atoms with Gasteiger partial charge in [-0.3, -0.25) is 14.2 Å². The van der Waals surface area contributed by atoms with Gasteiger partial charge in [0.2, 0.25) is 5.91 Å². The van der Waals surface area contributed by atoms with Crippen molar-refractivity contribution >= 4 is 45.3 Å². The molecule has 0 bridgehead atoms. The molecule has 0 aliphatic carbocycles. The van der Waals surface area contributed by atoms with Gasteiger partial charge in [0, 0.05) is 16.6 Å². The number of thioether (sulfide) groups is 1. The molecule has 5 rings (SSSR count). The highest BCUT2D eigenvalue weighted by atomic mass is 32.2. The fourth-order valence-corrected chi connectivity index (χ4v) is 5.05. The Morgan fingerprint density at radius 1 is 1.03 bits per heavy atom. The van der Waals surface area contributed by atoms with Crippen LogP contribution in [0.4, 0.5) is 18.9 Å². The number of amides is 1. The molecule has 0 spiro atoms. The van der Waals surface area contributed by atoms with Crippen molar-refractivity contribution in [1.82, 2.24) is 14.5 Å². The molecule has 2 N–H and O–H groups in total. The van der Waals surface area contributed by atoms with E-state index in [4.69, 9.17) is 4.98 Å². The zero-order chi connectivity index (χ0) is 26.3. The number of hydrogen-bond donors (Lipinski definition) is 2. The van der Waals surface area contributed by atoms with Crippen LogP contribution in [0.25, 0.3) is 27.6 Å². The molecule has 0 aliphatic heterocycles. The number of carbonyl (C=O) groups is 1. The van der Waals surface area contributed by atoms with Gasteiger partial charge in [0.05, 0.1) is 17.0 Å². The van der Waals surface area contributed by atoms with Gasteiger partial charge in [0.25, 0.3) is 5.56 Å². The monoisotopic (exact) mass is 522 g/mol. The minimum atomic E-state index is -4.52. The largest absolute Gasteiger partial charge is 0.416 e. The van der Waals surface area contributed by atoms with Crippen LogP contribution in [0, 0.1) is 13.8 Å². The molecule has 37 heavy (non-hydrogen) atoms. The summed E-state index contributed by atoms with van der Waals surface area (Å²) in [6, 6.07) is 17.6. The first-order valence-corrected chi connectivity index (χ1v) is 12.3. The van der Waals surface area contributed by atoms with Crippen LogP contribution in [0.2, 0.25) is 0 Å². The molecule has 0 saturated heterocycles. The number of fused-ring (bicyclic) bond motifs is 3. The standard InChI is InChI=1S/C27H21F3N4O2S/c1-15-10-16(2)12-19(11-15)34-25(36)24-23(20-8-3-4-9-21(20)32-24)33-26(34)37-14-22(35)31-18-7-5-6-17(13-18)27(28,29)30/h3-13,32H,14H2,1-2H3,(H,31,35). The lowest BCUT2D eigenvalue weighted by atomic mass is 10.1. The maximum absolute atomic E-state index is 13.7. The van der Waals surface area contributed by atoms with Crippen LogP contribution < -0.4 is 10.9 Å². The Balaban J connectivity index is 1.53. The maximum atomic E-state index is 13.7. The van der Waals surface area contributed by atoms with Gasteiger partial charge in [-0.25, -0.2) is 4.98 Å². The number of alkyl halides is 3. The average Bonchev–Trinajstić information content (AvgIpc) is 3.21. The SMILES string of the molecule is Cc1cc(C)cc(-n2c(SCC(=O)Nc3cccc(C(F)(F)F)c3)nc3c([nH]c4ccccc43)c2=O)c1. The van der Waals surface area contributed by atoms with Crippen molar-refractivity contribution in [2.75, 3.05) is 11.1 Å². The van der Waals surface area contributed by atoms with Gasteiger partial charge in [-0.2, -0.15) is 13.2 Å². The van der Waals surface area contributed by atoms with Crippen LogP contribution in [0.15, 0.2) is 76.7 Å². The first kappa shape index (κ1) is 24.6. The second-order valence-electron chi connectivity index (χ2n) is 8.69. The molecular formula is C27H21F3N4O2S. The molecule has 0 fully saturated rings. The fraction of sp³-hybridized carbons (Fsp3) is 0.148. The molecule has 0 unspecified atom stereocenters. The van der Waals surface area contributed by atoms with Gasteiger partial charge in [0.1, 0.15) is 11.0 Å². The van der Waals surface area contributed by atoms with Crippen LogP contribution in [-0.2, 0) is 11.0 Å². The quantitative estimate of drug-likeness (QED) is 0.212. The number of aromatic amines is 1. The summed E-state index contributed by atoms with van der Waals surface area (Å²) in [7, 11) is 0. The van der Waals surface area contributed by atoms with Crippen molar-refractivity contribution in [2.45, 2.75) is 25.2 Å². The normalized spacial score (nSPS) is 11.8. The van der Waals surface area contributed by atoms with Gasteiger partial charge < -0.3 is 10.3 Å². The molecule has 0 saturated carbocycles. The molecule has 0 aliphatic rings. The third-order valence-corrected chi connectivity index (χ3v) is 6.70. The number of halogens is 3. The summed E-state index contributed by atoms with van der Waals surface area (Å²) in [5.74, 6) is -0.689. The molecular weight excluding hydrogens is 501 g/mol. The second kappa shape index (κ2) is 9.44. The highest BCUT2D eigenvalue weighted by Crippen LogP contribution is 2.31. The van der Waals surface area contributed by atoms with E-state index in [1.54, 1.807) is 0 Å². The molecule has 0 atom stereocenters. The molecule has 2 heterocycles. The Bertz CT molecular complexity index is 1700. The van der Waals surface area contributed by atoms with Gasteiger partial charge in [-0.15, -0.1) is 0 Å². The van der Waals surface area contributed by atoms with Crippen LogP contribution in [0.3, 0.4) is 0 Å². The Hall–Kier alpha value is -4.05. The third-order valence-electron chi connectivity index (χ3n) is 5.77. The lowest BCUT2D eigenvalue weighted by molar-refractivity contribution is -0.137. The van der Waals surface area contributed by atoms with Gasteiger partial charge in [-0.05, 0) is 61.4 Å². The molecule has 3 aromatic carbocycles. The number of H-pyrrole nitrogens is 1. The Labute approximate surface area is 213 Å². The summed E-state index contributed by atoms with van der Waals surface area (Å²) in [4.78, 5) is 34.3. The number of hydrogen-bond acceptors (Lipinski definition) is 4. The Morgan fingerprint density at radius 3 is 2.49 bits per heavy atom. The number of anilines is 1. The van der Waals surface area contributed by atoms with Crippen LogP contribution in [0.5, 0.6) is 0 Å². The van der Waals surface area contributed by atoms with E-state index in [1.807, 2.05) is 56.3 Å². The first-order valence-electron chi connectivity index (χ1n) is 11.3. The summed E-state index contributed by atoms with van der Waals surface area (Å²) in [5, 5.41) is 3.57. The highest BCUT2D eigenvalue weighted by molar-refractivity contribution is 7.99. The number of nitrogens with one attached hydrogen (secondary N) is 2. The van der Waals surface area contributed by atoms with Crippen molar-refractivity contribution < 1.29 is 18.0 Å². The van der Waals surface area contributed by atoms with Crippen molar-refractivity contribution in [3.05, 3.63) is 93.8 Å². The minimum Gasteiger partial charge on any atom is -0.349 e. The van der Waals surface area contributed by atoms with E-state index >= 15 is 0 Å². The highest BCUT2D eigenvalue weighted by Gasteiger charge is 2.30. The molecule has 10 heteroatoms. The second-order valence-corrected chi connectivity index (χ2v) is 9.63. The molecule has 2 aromatic heterocycles. The molecule has 188 valence electrons. The van der Waals surface area contributed by atoms with E-state index in [9.17, 15) is 22.8 Å². The zero-order valence-electron chi connectivity index (χ0n) is 19.8. The van der Waals surface area contributed by atoms with Crippen molar-refractivity contribution in [1.29, 1.82) is 0 Å². The fourth-order valence-electron chi connectivity index (χ4n) is 4.25. The van der Waals surface area contributed by atoms with Gasteiger partial charge in [-0.1, -0.05) is 42.1 Å². The number of benzene rings is 3. The van der Waals surface area contributed by atoms with E-state index in [1.165, 1.54) is 16.7 Å². The lowest BCUT2D eigenvalue weighted by Gasteiger charge is -2.14. The van der Waals surface area contributed by atoms with Crippen LogP contribution in [-0.4, -0.2) is 26.2 Å². The average molecular weight is 523 g/mol. The number of aromatic nitrogens is 3. The van der Waals surface area contributed by atoms with Crippen molar-refractivity contribution in [3.8, 4) is 5.69 Å². The lowest BCUT2D eigenvalue weighted by Crippen LogP contribution is -2.23. The van der Waals surface area contributed by atoms with E-state index in [0.29, 0.717) is 21.9 Å². The van der Waals surface area contributed by atoms with Gasteiger partial charge >= 0.3 is 6.18 Å². The molecule has 1 amide bonds. The summed E-state index contributed by atoms with van der Waals surface area (Å²) in [5.41, 5.74) is 2.98. The molecule has 0 radical (unpaired) electrons. The number of carbonyl (C=O) groups excluding carboxylic acids is 1. The topological polar surface area (TPSA) is 79.8 Å². The zero-order valence-corrected chi connectivity index (χ0v) is 20.6. The van der Waals surface area contributed by atoms with Gasteiger partial charge in [0.15, 0.2) is 5.16 Å². The van der Waals surface area contributed by atoms with E-state index < -0.39 is 17.6 Å². The number of aryl methyl sites for hydroxylation is 2. The van der Waals surface area contributed by atoms with Crippen LogP contribution >= 0.6 is 11.8 Å². The summed E-state index contributed by atoms with van der Waals surface area (Å²) < 4.78 is 40.5. The maximum Gasteiger partial charge on any atom is 0.416 e. The third kappa shape index (κ3) is 4.97. The minimum absolute atomic E-state index is 0.0344. The van der Waals surface area contributed by atoms with Crippen molar-refractivity contribution in [2.24, 2.45) is 0 Å². The smallest absolute Gasteiger partial charge is 0.349 e. The number of para-hydroxylation sites is 1. The van der Waals surface area contributed by atoms with Crippen molar-refractivity contribution in [3.63, 3.8) is 0 Å². The predicted octanol–water partition coefficient (Wildman–Crippen LogP) is 6.23.